The minimum Gasteiger partial charge on any atom is -0.411 e. The summed E-state index contributed by atoms with van der Waals surface area (Å²) in [6.07, 6.45) is 5.12. The molecule has 18 heavy (non-hydrogen) atoms. The molecule has 0 saturated carbocycles. The Kier molecular flexibility index (Phi) is 3.88. The summed E-state index contributed by atoms with van der Waals surface area (Å²) in [6.45, 7) is 1.45. The van der Waals surface area contributed by atoms with Crippen LogP contribution >= 0.6 is 0 Å². The molecule has 6 heteroatoms. The van der Waals surface area contributed by atoms with Gasteiger partial charge in [-0.3, -0.25) is 9.78 Å². The molecule has 1 saturated heterocycles. The van der Waals surface area contributed by atoms with Gasteiger partial charge in [-0.15, -0.1) is 0 Å². The average Bonchev–Trinajstić information content (AvgIpc) is 2.94. The van der Waals surface area contributed by atoms with Crippen molar-refractivity contribution in [3.05, 3.63) is 30.1 Å². The molecule has 0 aliphatic carbocycles. The van der Waals surface area contributed by atoms with Crippen LogP contribution in [0, 0.1) is 0 Å². The molecule has 2 rings (SSSR count). The molecular formula is C12H16N4O2. The van der Waals surface area contributed by atoms with E-state index in [-0.39, 0.29) is 11.6 Å². The number of nitrogens with two attached hydrogens (primary N) is 1. The topological polar surface area (TPSA) is 91.8 Å². The van der Waals surface area contributed by atoms with Crippen LogP contribution in [0.3, 0.4) is 0 Å². The first-order chi connectivity index (χ1) is 8.74. The largest absolute Gasteiger partial charge is 0.411 e. The Morgan fingerprint density at radius 1 is 1.39 bits per heavy atom. The Hall–Kier alpha value is -1.95. The molecule has 1 aromatic heterocycles. The van der Waals surface area contributed by atoms with Crippen LogP contribution in [0.4, 0.5) is 0 Å². The van der Waals surface area contributed by atoms with Gasteiger partial charge < -0.3 is 15.8 Å². The smallest absolute Gasteiger partial charge is 0.245 e. The normalized spacial score (nSPS) is 17.8. The monoisotopic (exact) mass is 248 g/mol. The summed E-state index contributed by atoms with van der Waals surface area (Å²) in [5, 5.41) is 12.2. The molecule has 96 valence electrons. The number of amides is 1. The highest BCUT2D eigenvalue weighted by molar-refractivity contribution is 6.15. The number of likely N-dealkylation sites (tertiary alicyclic amines) is 1. The van der Waals surface area contributed by atoms with E-state index in [9.17, 15) is 4.79 Å². The van der Waals surface area contributed by atoms with Gasteiger partial charge in [0.15, 0.2) is 0 Å². The van der Waals surface area contributed by atoms with Gasteiger partial charge in [-0.05, 0) is 25.0 Å². The number of oxime groups is 1. The fourth-order valence-electron chi connectivity index (χ4n) is 2.07. The van der Waals surface area contributed by atoms with Crippen LogP contribution in [0.5, 0.6) is 0 Å². The summed E-state index contributed by atoms with van der Waals surface area (Å²) < 4.78 is 0. The van der Waals surface area contributed by atoms with E-state index in [0.29, 0.717) is 5.56 Å². The van der Waals surface area contributed by atoms with Crippen LogP contribution < -0.4 is 5.73 Å². The summed E-state index contributed by atoms with van der Waals surface area (Å²) in [6, 6.07) is 2.38. The molecule has 1 fully saturated rings. The number of hydrogen-bond donors (Lipinski definition) is 2. The van der Waals surface area contributed by atoms with Crippen molar-refractivity contribution >= 4 is 11.6 Å². The second kappa shape index (κ2) is 5.59. The molecule has 1 aliphatic heterocycles. The van der Waals surface area contributed by atoms with Crippen LogP contribution in [0.15, 0.2) is 29.7 Å². The molecule has 1 aliphatic rings. The third-order valence-corrected chi connectivity index (χ3v) is 3.06. The van der Waals surface area contributed by atoms with E-state index in [1.807, 2.05) is 0 Å². The predicted octanol–water partition coefficient (Wildman–Crippen LogP) is 0.210. The van der Waals surface area contributed by atoms with E-state index in [0.717, 1.165) is 25.9 Å². The molecule has 0 radical (unpaired) electrons. The van der Waals surface area contributed by atoms with Gasteiger partial charge in [-0.25, -0.2) is 0 Å². The van der Waals surface area contributed by atoms with Gasteiger partial charge in [0.05, 0.1) is 0 Å². The Balaban J connectivity index is 2.16. The Bertz CT molecular complexity index is 441. The van der Waals surface area contributed by atoms with Crippen molar-refractivity contribution < 1.29 is 10.0 Å². The van der Waals surface area contributed by atoms with Crippen LogP contribution in [0.1, 0.15) is 18.4 Å². The number of hydrogen-bond acceptors (Lipinski definition) is 5. The van der Waals surface area contributed by atoms with Crippen molar-refractivity contribution in [3.8, 4) is 0 Å². The van der Waals surface area contributed by atoms with Crippen molar-refractivity contribution in [1.29, 1.82) is 0 Å². The molecule has 3 N–H and O–H groups in total. The van der Waals surface area contributed by atoms with Crippen molar-refractivity contribution in [2.24, 2.45) is 10.9 Å². The van der Waals surface area contributed by atoms with Gasteiger partial charge in [-0.2, -0.15) is 0 Å². The second-order valence-electron chi connectivity index (χ2n) is 4.23. The highest BCUT2D eigenvalue weighted by Crippen LogP contribution is 2.11. The quantitative estimate of drug-likeness (QED) is 0.454. The highest BCUT2D eigenvalue weighted by Gasteiger charge is 2.28. The van der Waals surface area contributed by atoms with Gasteiger partial charge in [0.25, 0.3) is 0 Å². The van der Waals surface area contributed by atoms with E-state index >= 15 is 0 Å². The minimum atomic E-state index is -0.935. The first-order valence-corrected chi connectivity index (χ1v) is 5.90. The summed E-state index contributed by atoms with van der Waals surface area (Å²) >= 11 is 0. The SMILES string of the molecule is NC(C(=O)N1CCCC1)/C(=N\O)c1ccncc1. The average molecular weight is 248 g/mol. The summed E-state index contributed by atoms with van der Waals surface area (Å²) in [5.41, 5.74) is 6.66. The van der Waals surface area contributed by atoms with Crippen LogP contribution in [0.2, 0.25) is 0 Å². The lowest BCUT2D eigenvalue weighted by Crippen LogP contribution is -2.47. The molecule has 1 aromatic rings. The molecule has 2 heterocycles. The highest BCUT2D eigenvalue weighted by atomic mass is 16.4. The zero-order valence-corrected chi connectivity index (χ0v) is 9.99. The van der Waals surface area contributed by atoms with Gasteiger partial charge in [0.1, 0.15) is 11.8 Å². The van der Waals surface area contributed by atoms with Gasteiger partial charge in [0, 0.05) is 31.0 Å². The van der Waals surface area contributed by atoms with E-state index in [4.69, 9.17) is 10.9 Å². The summed E-state index contributed by atoms with van der Waals surface area (Å²) in [7, 11) is 0. The fraction of sp³-hybridized carbons (Fsp3) is 0.417. The third kappa shape index (κ3) is 2.48. The molecule has 0 spiro atoms. The van der Waals surface area contributed by atoms with Crippen molar-refractivity contribution in [2.75, 3.05) is 13.1 Å². The lowest BCUT2D eigenvalue weighted by molar-refractivity contribution is -0.129. The maximum absolute atomic E-state index is 12.1. The van der Waals surface area contributed by atoms with Crippen LogP contribution in [0.25, 0.3) is 0 Å². The molecular weight excluding hydrogens is 232 g/mol. The molecule has 6 nitrogen and oxygen atoms in total. The Labute approximate surface area is 105 Å². The number of aromatic nitrogens is 1. The van der Waals surface area contributed by atoms with Crippen molar-refractivity contribution in [2.45, 2.75) is 18.9 Å². The lowest BCUT2D eigenvalue weighted by atomic mass is 10.0. The third-order valence-electron chi connectivity index (χ3n) is 3.06. The fourth-order valence-corrected chi connectivity index (χ4v) is 2.07. The van der Waals surface area contributed by atoms with Gasteiger partial charge in [0.2, 0.25) is 5.91 Å². The number of rotatable bonds is 3. The number of pyridine rings is 1. The zero-order valence-electron chi connectivity index (χ0n) is 9.99. The standard InChI is InChI=1S/C12H16N4O2/c13-10(12(17)16-7-1-2-8-16)11(15-18)9-3-5-14-6-4-9/h3-6,10,18H,1-2,7-8,13H2/b15-11-. The number of nitrogens with zero attached hydrogens (tertiary/aromatic N) is 3. The summed E-state index contributed by atoms with van der Waals surface area (Å²) in [5.74, 6) is -0.197. The predicted molar refractivity (Wildman–Crippen MR) is 66.3 cm³/mol. The lowest BCUT2D eigenvalue weighted by Gasteiger charge is -2.20. The van der Waals surface area contributed by atoms with Crippen molar-refractivity contribution in [1.82, 2.24) is 9.88 Å². The number of carbonyl (C=O) groups is 1. The summed E-state index contributed by atoms with van der Waals surface area (Å²) in [4.78, 5) is 17.7. The maximum atomic E-state index is 12.1. The second-order valence-corrected chi connectivity index (χ2v) is 4.23. The van der Waals surface area contributed by atoms with Crippen LogP contribution in [-0.4, -0.2) is 45.8 Å². The Morgan fingerprint density at radius 2 is 2.00 bits per heavy atom. The van der Waals surface area contributed by atoms with Gasteiger partial charge in [-0.1, -0.05) is 5.16 Å². The minimum absolute atomic E-state index is 0.175. The molecule has 1 atom stereocenters. The molecule has 1 amide bonds. The van der Waals surface area contributed by atoms with E-state index < -0.39 is 6.04 Å². The van der Waals surface area contributed by atoms with E-state index in [2.05, 4.69) is 10.1 Å². The van der Waals surface area contributed by atoms with Gasteiger partial charge >= 0.3 is 0 Å². The van der Waals surface area contributed by atoms with E-state index in [1.54, 1.807) is 29.4 Å². The first-order valence-electron chi connectivity index (χ1n) is 5.90. The number of carbonyl (C=O) groups excluding carboxylic acids is 1. The van der Waals surface area contributed by atoms with E-state index in [1.165, 1.54) is 0 Å². The van der Waals surface area contributed by atoms with Crippen LogP contribution in [-0.2, 0) is 4.79 Å². The zero-order chi connectivity index (χ0) is 13.0. The Morgan fingerprint density at radius 3 is 2.56 bits per heavy atom. The maximum Gasteiger partial charge on any atom is 0.245 e. The molecule has 0 bridgehead atoms. The van der Waals surface area contributed by atoms with Crippen molar-refractivity contribution in [3.63, 3.8) is 0 Å². The molecule has 0 aromatic carbocycles. The first kappa shape index (κ1) is 12.5. The molecule has 1 unspecified atom stereocenters.